The van der Waals surface area contributed by atoms with Gasteiger partial charge in [-0.1, -0.05) is 48.5 Å². The molecule has 0 aliphatic carbocycles. The molecule has 0 aliphatic rings. The lowest BCUT2D eigenvalue weighted by Gasteiger charge is -2.26. The van der Waals surface area contributed by atoms with Crippen molar-refractivity contribution in [2.75, 3.05) is 14.2 Å². The highest BCUT2D eigenvalue weighted by Crippen LogP contribution is 2.23. The molecule has 0 spiro atoms. The van der Waals surface area contributed by atoms with E-state index in [-0.39, 0.29) is 25.8 Å². The molecule has 0 radical (unpaired) electrons. The monoisotopic (exact) mass is 879 g/mol. The predicted molar refractivity (Wildman–Crippen MR) is 246 cm³/mol. The number of para-hydroxylation sites is 1. The lowest BCUT2D eigenvalue weighted by molar-refractivity contribution is -0.132. The average Bonchev–Trinajstić information content (AvgIpc) is 4.08. The molecule has 0 bridgehead atoms. The molecule has 3 aromatic heterocycles. The number of imidazole rings is 2. The Hall–Kier alpha value is -7.88. The lowest BCUT2D eigenvalue weighted by Crippen LogP contribution is -2.58. The van der Waals surface area contributed by atoms with Crippen molar-refractivity contribution < 1.29 is 33.4 Å². The van der Waals surface area contributed by atoms with Crippen molar-refractivity contribution in [2.24, 2.45) is 0 Å². The van der Waals surface area contributed by atoms with Crippen LogP contribution in [0.15, 0.2) is 122 Å². The van der Waals surface area contributed by atoms with Crippen molar-refractivity contribution in [1.82, 2.24) is 46.2 Å². The smallest absolute Gasteiger partial charge is 0.408 e. The number of fused-ring (bicyclic) bond motifs is 1. The van der Waals surface area contributed by atoms with Gasteiger partial charge in [0.1, 0.15) is 46.9 Å². The third-order valence-corrected chi connectivity index (χ3v) is 10.5. The van der Waals surface area contributed by atoms with Crippen LogP contribution in [0.2, 0.25) is 0 Å². The van der Waals surface area contributed by atoms with Crippen molar-refractivity contribution >= 4 is 34.7 Å². The summed E-state index contributed by atoms with van der Waals surface area (Å²) in [6.45, 7) is 5.37. The first-order valence-electron chi connectivity index (χ1n) is 21.2. The highest BCUT2D eigenvalue weighted by atomic mass is 16.6. The Bertz CT molecular complexity index is 2700. The molecular weight excluding hydrogens is 827 g/mol. The Morgan fingerprint density at radius 3 is 1.66 bits per heavy atom. The Kier molecular flexibility index (Phi) is 14.3. The Balaban J connectivity index is 1.17. The number of amides is 4. The van der Waals surface area contributed by atoms with E-state index in [9.17, 15) is 19.2 Å². The topological polar surface area (TPSA) is 217 Å². The van der Waals surface area contributed by atoms with E-state index in [0.29, 0.717) is 34.5 Å². The maximum atomic E-state index is 14.7. The van der Waals surface area contributed by atoms with E-state index in [2.05, 4.69) is 46.2 Å². The summed E-state index contributed by atoms with van der Waals surface area (Å²) >= 11 is 0. The van der Waals surface area contributed by atoms with E-state index in [0.717, 1.165) is 33.2 Å². The molecule has 16 heteroatoms. The first kappa shape index (κ1) is 45.2. The standard InChI is InChI=1S/C49H53N9O7/c1-49(2,3)65-48(62)58-42(25-35-29-52-44(55-35)32-17-21-37(64-5)22-18-32)47(61)56-40(23-33-27-50-39-14-10-9-13-38(33)39)46(60)57-41(45(59)53-26-30-11-7-6-8-12-30)24-34-28-51-43(54-34)31-15-19-36(63-4)20-16-31/h6-22,27-29,40-42,50H,23-26H2,1-5H3,(H,51,54)(H,52,55)(H,53,59)(H,56,61)(H,57,60)(H,58,62)/t40-,41-,42-/m0/s1. The number of alkyl carbamates (subject to hydrolysis) is 1. The number of aromatic nitrogens is 5. The molecule has 3 atom stereocenters. The van der Waals surface area contributed by atoms with Crippen LogP contribution in [0.3, 0.4) is 0 Å². The van der Waals surface area contributed by atoms with Crippen molar-refractivity contribution in [1.29, 1.82) is 0 Å². The number of nitrogens with one attached hydrogen (secondary N) is 7. The summed E-state index contributed by atoms with van der Waals surface area (Å²) in [5, 5.41) is 12.4. The molecule has 0 unspecified atom stereocenters. The van der Waals surface area contributed by atoms with E-state index in [1.807, 2.05) is 103 Å². The van der Waals surface area contributed by atoms with Crippen molar-refractivity contribution in [3.05, 3.63) is 144 Å². The number of aromatic amines is 3. The minimum atomic E-state index is -1.22. The molecule has 4 aromatic carbocycles. The number of carbonyl (C=O) groups is 4. The van der Waals surface area contributed by atoms with E-state index in [1.165, 1.54) is 0 Å². The molecule has 7 aromatic rings. The Morgan fingerprint density at radius 1 is 0.615 bits per heavy atom. The van der Waals surface area contributed by atoms with Crippen LogP contribution >= 0.6 is 0 Å². The van der Waals surface area contributed by atoms with Crippen LogP contribution in [-0.4, -0.2) is 86.7 Å². The molecule has 65 heavy (non-hydrogen) atoms. The fourth-order valence-corrected chi connectivity index (χ4v) is 7.21. The maximum Gasteiger partial charge on any atom is 0.408 e. The molecule has 336 valence electrons. The molecular formula is C49H53N9O7. The number of rotatable bonds is 18. The van der Waals surface area contributed by atoms with Gasteiger partial charge in [0.15, 0.2) is 0 Å². The lowest BCUT2D eigenvalue weighted by atomic mass is 10.0. The zero-order valence-electron chi connectivity index (χ0n) is 36.9. The van der Waals surface area contributed by atoms with Crippen molar-refractivity contribution in [3.63, 3.8) is 0 Å². The number of nitrogens with zero attached hydrogens (tertiary/aromatic N) is 2. The van der Waals surface area contributed by atoms with E-state index in [4.69, 9.17) is 14.2 Å². The van der Waals surface area contributed by atoms with Gasteiger partial charge in [0, 0.05) is 77.8 Å². The molecule has 3 heterocycles. The van der Waals surface area contributed by atoms with Gasteiger partial charge in [-0.05, 0) is 86.5 Å². The minimum absolute atomic E-state index is 0.0312. The van der Waals surface area contributed by atoms with Gasteiger partial charge in [0.2, 0.25) is 17.7 Å². The van der Waals surface area contributed by atoms with E-state index in [1.54, 1.807) is 53.6 Å². The first-order valence-corrected chi connectivity index (χ1v) is 21.2. The second kappa shape index (κ2) is 20.5. The van der Waals surface area contributed by atoms with Crippen LogP contribution in [-0.2, 0) is 44.9 Å². The van der Waals surface area contributed by atoms with Crippen molar-refractivity contribution in [3.8, 4) is 34.3 Å². The van der Waals surface area contributed by atoms with E-state index >= 15 is 0 Å². The van der Waals surface area contributed by atoms with Crippen LogP contribution in [0.4, 0.5) is 4.79 Å². The number of methoxy groups -OCH3 is 2. The number of H-pyrrole nitrogens is 3. The summed E-state index contributed by atoms with van der Waals surface area (Å²) in [7, 11) is 3.18. The van der Waals surface area contributed by atoms with Gasteiger partial charge in [-0.2, -0.15) is 0 Å². The van der Waals surface area contributed by atoms with Gasteiger partial charge in [0.25, 0.3) is 0 Å². The summed E-state index contributed by atoms with van der Waals surface area (Å²) in [5.74, 6) is 0.747. The predicted octanol–water partition coefficient (Wildman–Crippen LogP) is 6.17. The molecule has 0 saturated heterocycles. The third kappa shape index (κ3) is 12.2. The SMILES string of the molecule is COc1ccc(-c2ncc(C[C@H](NC(=O)OC(C)(C)C)C(=O)N[C@@H](Cc3c[nH]c4ccccc34)C(=O)N[C@@H](Cc3cnc(-c4ccc(OC)cc4)[nH]3)C(=O)NCc3ccccc3)[nH]2)cc1. The van der Waals surface area contributed by atoms with Gasteiger partial charge >= 0.3 is 6.09 Å². The normalized spacial score (nSPS) is 12.7. The second-order valence-corrected chi connectivity index (χ2v) is 16.5. The number of hydrogen-bond acceptors (Lipinski definition) is 9. The fraction of sp³-hybridized carbons (Fsp3) is 0.265. The minimum Gasteiger partial charge on any atom is -0.497 e. The van der Waals surface area contributed by atoms with Gasteiger partial charge in [-0.15, -0.1) is 0 Å². The molecule has 16 nitrogen and oxygen atoms in total. The zero-order chi connectivity index (χ0) is 45.9. The first-order chi connectivity index (χ1) is 31.3. The molecule has 7 N–H and O–H groups in total. The van der Waals surface area contributed by atoms with Crippen LogP contribution in [0.1, 0.15) is 43.3 Å². The quantitative estimate of drug-likeness (QED) is 0.0524. The van der Waals surface area contributed by atoms with Gasteiger partial charge < -0.3 is 50.4 Å². The number of hydrogen-bond donors (Lipinski definition) is 7. The van der Waals surface area contributed by atoms with Crippen LogP contribution < -0.4 is 30.7 Å². The van der Waals surface area contributed by atoms with Crippen molar-refractivity contribution in [2.45, 2.75) is 70.3 Å². The summed E-state index contributed by atoms with van der Waals surface area (Å²) in [5.41, 5.74) is 4.30. The second-order valence-electron chi connectivity index (χ2n) is 16.5. The zero-order valence-corrected chi connectivity index (χ0v) is 36.9. The molecule has 4 amide bonds. The number of benzene rings is 4. The molecule has 0 aliphatic heterocycles. The summed E-state index contributed by atoms with van der Waals surface area (Å²) < 4.78 is 16.1. The number of ether oxygens (including phenoxy) is 3. The molecule has 0 saturated carbocycles. The average molecular weight is 880 g/mol. The fourth-order valence-electron chi connectivity index (χ4n) is 7.21. The van der Waals surface area contributed by atoms with Gasteiger partial charge in [0.05, 0.1) is 14.2 Å². The number of carbonyl (C=O) groups excluding carboxylic acids is 4. The Labute approximate surface area is 376 Å². The largest absolute Gasteiger partial charge is 0.497 e. The summed E-state index contributed by atoms with van der Waals surface area (Å²) in [6.07, 6.45) is 4.22. The van der Waals surface area contributed by atoms with Crippen LogP contribution in [0.5, 0.6) is 11.5 Å². The van der Waals surface area contributed by atoms with Crippen LogP contribution in [0.25, 0.3) is 33.7 Å². The maximum absolute atomic E-state index is 14.7. The van der Waals surface area contributed by atoms with Gasteiger partial charge in [-0.3, -0.25) is 14.4 Å². The Morgan fingerprint density at radius 2 is 1.12 bits per heavy atom. The highest BCUT2D eigenvalue weighted by Gasteiger charge is 2.32. The highest BCUT2D eigenvalue weighted by molar-refractivity contribution is 5.95. The third-order valence-electron chi connectivity index (χ3n) is 10.5. The summed E-state index contributed by atoms with van der Waals surface area (Å²) in [4.78, 5) is 75.4. The van der Waals surface area contributed by atoms with Gasteiger partial charge in [-0.25, -0.2) is 14.8 Å². The molecule has 7 rings (SSSR count). The van der Waals surface area contributed by atoms with Crippen LogP contribution in [0, 0.1) is 0 Å². The van der Waals surface area contributed by atoms with E-state index < -0.39 is 47.5 Å². The summed E-state index contributed by atoms with van der Waals surface area (Å²) in [6, 6.07) is 28.2. The molecule has 0 fully saturated rings.